The Balaban J connectivity index is 2.93. The maximum atomic E-state index is 11.2. The fraction of sp³-hybridized carbons (Fsp3) is 0.462. The second kappa shape index (κ2) is 7.24. The van der Waals surface area contributed by atoms with Crippen molar-refractivity contribution in [2.75, 3.05) is 6.54 Å². The van der Waals surface area contributed by atoms with Crippen molar-refractivity contribution in [2.45, 2.75) is 32.9 Å². The highest BCUT2D eigenvalue weighted by atomic mass is 35.5. The molecule has 100 valence electrons. The van der Waals surface area contributed by atoms with Crippen molar-refractivity contribution in [3.8, 4) is 5.75 Å². The predicted molar refractivity (Wildman–Crippen MR) is 72.7 cm³/mol. The van der Waals surface area contributed by atoms with Crippen molar-refractivity contribution in [1.82, 2.24) is 5.32 Å². The summed E-state index contributed by atoms with van der Waals surface area (Å²) in [5.41, 5.74) is 6.12. The van der Waals surface area contributed by atoms with E-state index < -0.39 is 12.0 Å². The molecule has 0 saturated carbocycles. The van der Waals surface area contributed by atoms with Crippen LogP contribution >= 0.6 is 11.6 Å². The van der Waals surface area contributed by atoms with Crippen LogP contribution in [0.4, 0.5) is 0 Å². The maximum absolute atomic E-state index is 11.2. The minimum atomic E-state index is -0.621. The third-order valence-electron chi connectivity index (χ3n) is 2.59. The summed E-state index contributed by atoms with van der Waals surface area (Å²) in [6.07, 6.45) is -0.0912. The van der Waals surface area contributed by atoms with Crippen LogP contribution in [0.15, 0.2) is 18.2 Å². The molecular weight excluding hydrogens is 252 g/mol. The van der Waals surface area contributed by atoms with Gasteiger partial charge in [0.15, 0.2) is 6.10 Å². The monoisotopic (exact) mass is 270 g/mol. The second-order valence-corrected chi connectivity index (χ2v) is 4.32. The van der Waals surface area contributed by atoms with Crippen LogP contribution in [0.25, 0.3) is 0 Å². The van der Waals surface area contributed by atoms with Crippen LogP contribution in [0.3, 0.4) is 0 Å². The molecule has 3 N–H and O–H groups in total. The molecule has 0 radical (unpaired) electrons. The SMILES string of the molecule is CCNCc1c(Cl)cccc1OC(CC)C(N)=O. The molecule has 0 aliphatic carbocycles. The standard InChI is InChI=1S/C13H19ClN2O2/c1-3-11(13(15)17)18-12-7-5-6-10(14)9(12)8-16-4-2/h5-7,11,16H,3-4,8H2,1-2H3,(H2,15,17). The fourth-order valence-corrected chi connectivity index (χ4v) is 1.80. The van der Waals surface area contributed by atoms with E-state index in [-0.39, 0.29) is 0 Å². The molecule has 1 unspecified atom stereocenters. The number of hydrogen-bond acceptors (Lipinski definition) is 3. The molecule has 4 nitrogen and oxygen atoms in total. The summed E-state index contributed by atoms with van der Waals surface area (Å²) in [4.78, 5) is 11.2. The molecule has 0 aliphatic rings. The van der Waals surface area contributed by atoms with Gasteiger partial charge in [-0.2, -0.15) is 0 Å². The summed E-state index contributed by atoms with van der Waals surface area (Å²) in [6.45, 7) is 5.29. The minimum absolute atomic E-state index is 0.466. The van der Waals surface area contributed by atoms with Crippen LogP contribution in [0.5, 0.6) is 5.75 Å². The molecule has 1 amide bonds. The van der Waals surface area contributed by atoms with Crippen LogP contribution in [0, 0.1) is 0 Å². The summed E-state index contributed by atoms with van der Waals surface area (Å²) in [5.74, 6) is 0.140. The van der Waals surface area contributed by atoms with Gasteiger partial charge >= 0.3 is 0 Å². The Bertz CT molecular complexity index is 410. The van der Waals surface area contributed by atoms with E-state index in [1.165, 1.54) is 0 Å². The van der Waals surface area contributed by atoms with Gasteiger partial charge in [-0.1, -0.05) is 31.5 Å². The van der Waals surface area contributed by atoms with Gasteiger partial charge < -0.3 is 15.8 Å². The first-order chi connectivity index (χ1) is 8.60. The first kappa shape index (κ1) is 14.8. The first-order valence-corrected chi connectivity index (χ1v) is 6.42. The molecule has 0 heterocycles. The van der Waals surface area contributed by atoms with E-state index in [4.69, 9.17) is 22.1 Å². The highest BCUT2D eigenvalue weighted by molar-refractivity contribution is 6.31. The van der Waals surface area contributed by atoms with E-state index in [2.05, 4.69) is 5.32 Å². The molecule has 0 spiro atoms. The Morgan fingerprint density at radius 2 is 2.22 bits per heavy atom. The van der Waals surface area contributed by atoms with E-state index in [0.29, 0.717) is 23.7 Å². The fourth-order valence-electron chi connectivity index (χ4n) is 1.57. The number of nitrogens with one attached hydrogen (secondary N) is 1. The highest BCUT2D eigenvalue weighted by Crippen LogP contribution is 2.27. The van der Waals surface area contributed by atoms with E-state index >= 15 is 0 Å². The van der Waals surface area contributed by atoms with Gasteiger partial charge in [-0.3, -0.25) is 4.79 Å². The van der Waals surface area contributed by atoms with Gasteiger partial charge in [-0.25, -0.2) is 0 Å². The third-order valence-corrected chi connectivity index (χ3v) is 2.94. The van der Waals surface area contributed by atoms with Crippen molar-refractivity contribution < 1.29 is 9.53 Å². The Labute approximate surface area is 112 Å². The molecule has 0 fully saturated rings. The first-order valence-electron chi connectivity index (χ1n) is 6.04. The minimum Gasteiger partial charge on any atom is -0.480 e. The Kier molecular flexibility index (Phi) is 5.95. The summed E-state index contributed by atoms with van der Waals surface area (Å²) < 4.78 is 5.64. The lowest BCUT2D eigenvalue weighted by Gasteiger charge is -2.18. The lowest BCUT2D eigenvalue weighted by Crippen LogP contribution is -2.33. The molecule has 0 aliphatic heterocycles. The molecule has 0 bridgehead atoms. The highest BCUT2D eigenvalue weighted by Gasteiger charge is 2.17. The molecule has 0 saturated heterocycles. The maximum Gasteiger partial charge on any atom is 0.258 e. The number of carbonyl (C=O) groups is 1. The van der Waals surface area contributed by atoms with Gasteiger partial charge in [0.2, 0.25) is 0 Å². The van der Waals surface area contributed by atoms with E-state index in [1.807, 2.05) is 13.8 Å². The second-order valence-electron chi connectivity index (χ2n) is 3.91. The number of benzene rings is 1. The zero-order valence-corrected chi connectivity index (χ0v) is 11.5. The zero-order valence-electron chi connectivity index (χ0n) is 10.7. The van der Waals surface area contributed by atoms with E-state index in [1.54, 1.807) is 18.2 Å². The topological polar surface area (TPSA) is 64.3 Å². The number of halogens is 1. The van der Waals surface area contributed by atoms with Crippen LogP contribution < -0.4 is 15.8 Å². The summed E-state index contributed by atoms with van der Waals surface area (Å²) in [6, 6.07) is 5.39. The number of carbonyl (C=O) groups excluding carboxylic acids is 1. The largest absolute Gasteiger partial charge is 0.480 e. The molecule has 0 aromatic heterocycles. The van der Waals surface area contributed by atoms with Crippen LogP contribution in [0.2, 0.25) is 5.02 Å². The van der Waals surface area contributed by atoms with Gasteiger partial charge in [0.25, 0.3) is 5.91 Å². The Morgan fingerprint density at radius 1 is 1.50 bits per heavy atom. The van der Waals surface area contributed by atoms with Crippen LogP contribution in [0.1, 0.15) is 25.8 Å². The Hall–Kier alpha value is -1.26. The van der Waals surface area contributed by atoms with Crippen molar-refractivity contribution in [3.05, 3.63) is 28.8 Å². The predicted octanol–water partition coefficient (Wildman–Crippen LogP) is 2.09. The quantitative estimate of drug-likeness (QED) is 0.797. The van der Waals surface area contributed by atoms with Crippen molar-refractivity contribution >= 4 is 17.5 Å². The van der Waals surface area contributed by atoms with Gasteiger partial charge in [-0.15, -0.1) is 0 Å². The number of amides is 1. The number of ether oxygens (including phenoxy) is 1. The molecule has 18 heavy (non-hydrogen) atoms. The number of hydrogen-bond donors (Lipinski definition) is 2. The van der Waals surface area contributed by atoms with Gasteiger partial charge in [0.05, 0.1) is 0 Å². The normalized spacial score (nSPS) is 12.2. The molecule has 1 atom stereocenters. The molecule has 1 rings (SSSR count). The van der Waals surface area contributed by atoms with Crippen molar-refractivity contribution in [1.29, 1.82) is 0 Å². The Morgan fingerprint density at radius 3 is 2.78 bits per heavy atom. The number of rotatable bonds is 7. The van der Waals surface area contributed by atoms with Gasteiger partial charge in [0.1, 0.15) is 5.75 Å². The molecular formula is C13H19ClN2O2. The van der Waals surface area contributed by atoms with Crippen molar-refractivity contribution in [2.24, 2.45) is 5.73 Å². The van der Waals surface area contributed by atoms with Gasteiger partial charge in [-0.05, 0) is 25.1 Å². The molecule has 1 aromatic carbocycles. The van der Waals surface area contributed by atoms with Crippen molar-refractivity contribution in [3.63, 3.8) is 0 Å². The van der Waals surface area contributed by atoms with Crippen LogP contribution in [-0.2, 0) is 11.3 Å². The smallest absolute Gasteiger partial charge is 0.258 e. The average molecular weight is 271 g/mol. The van der Waals surface area contributed by atoms with E-state index in [0.717, 1.165) is 12.1 Å². The van der Waals surface area contributed by atoms with Gasteiger partial charge in [0, 0.05) is 17.1 Å². The molecule has 5 heteroatoms. The molecule has 1 aromatic rings. The average Bonchev–Trinajstić information content (AvgIpc) is 2.34. The third kappa shape index (κ3) is 3.89. The van der Waals surface area contributed by atoms with E-state index in [9.17, 15) is 4.79 Å². The zero-order chi connectivity index (χ0) is 13.5. The van der Waals surface area contributed by atoms with Crippen LogP contribution in [-0.4, -0.2) is 18.6 Å². The number of nitrogens with two attached hydrogens (primary N) is 1. The number of primary amides is 1. The summed E-state index contributed by atoms with van der Waals surface area (Å²) in [5, 5.41) is 3.80. The lowest BCUT2D eigenvalue weighted by atomic mass is 10.2. The summed E-state index contributed by atoms with van der Waals surface area (Å²) in [7, 11) is 0. The lowest BCUT2D eigenvalue weighted by molar-refractivity contribution is -0.124. The summed E-state index contributed by atoms with van der Waals surface area (Å²) >= 11 is 6.14.